The summed E-state index contributed by atoms with van der Waals surface area (Å²) in [7, 11) is 0. The number of morpholine rings is 1. The number of hydrogen-bond acceptors (Lipinski definition) is 7. The van der Waals surface area contributed by atoms with E-state index in [2.05, 4.69) is 41.8 Å². The molecule has 0 bridgehead atoms. The quantitative estimate of drug-likeness (QED) is 0.0690. The third-order valence-electron chi connectivity index (χ3n) is 6.89. The first kappa shape index (κ1) is 28.7. The molecule has 1 aliphatic carbocycles. The van der Waals surface area contributed by atoms with Crippen LogP contribution in [0.15, 0.2) is 29.5 Å². The Hall–Kier alpha value is -1.86. The molecule has 1 aliphatic heterocycles. The van der Waals surface area contributed by atoms with Gasteiger partial charge in [0.15, 0.2) is 6.19 Å². The van der Waals surface area contributed by atoms with E-state index in [9.17, 15) is 0 Å². The number of aliphatic imine (C=N–C) groups is 1. The van der Waals surface area contributed by atoms with Crippen LogP contribution in [0, 0.1) is 11.5 Å². The van der Waals surface area contributed by atoms with E-state index in [4.69, 9.17) is 10.00 Å². The normalized spacial score (nSPS) is 18.1. The molecule has 0 atom stereocenters. The number of unbranched alkanes of at least 4 members (excludes halogenated alkanes) is 3. The van der Waals surface area contributed by atoms with Gasteiger partial charge < -0.3 is 10.1 Å². The first-order chi connectivity index (χ1) is 17.8. The maximum atomic E-state index is 8.98. The van der Waals surface area contributed by atoms with Gasteiger partial charge in [0, 0.05) is 56.1 Å². The van der Waals surface area contributed by atoms with Gasteiger partial charge >= 0.3 is 0 Å². The Bertz CT molecular complexity index is 759. The highest BCUT2D eigenvalue weighted by atomic mass is 32.2. The molecular formula is C27H45N7OS. The Morgan fingerprint density at radius 1 is 1.08 bits per heavy atom. The van der Waals surface area contributed by atoms with Gasteiger partial charge in [-0.05, 0) is 50.8 Å². The Morgan fingerprint density at radius 3 is 2.58 bits per heavy atom. The summed E-state index contributed by atoms with van der Waals surface area (Å²) in [4.78, 5) is 11.1. The number of rotatable bonds is 14. The largest absolute Gasteiger partial charge is 0.379 e. The zero-order chi connectivity index (χ0) is 25.1. The molecule has 2 aliphatic rings. The number of aromatic nitrogens is 1. The Kier molecular flexibility index (Phi) is 14.7. The number of nitriles is 1. The van der Waals surface area contributed by atoms with Crippen LogP contribution in [0.4, 0.5) is 5.69 Å². The molecule has 2 fully saturated rings. The highest BCUT2D eigenvalue weighted by molar-refractivity contribution is 7.97. The van der Waals surface area contributed by atoms with E-state index in [1.165, 1.54) is 83.1 Å². The predicted octanol–water partition coefficient (Wildman–Crippen LogP) is 4.88. The molecule has 0 amide bonds. The molecule has 1 aromatic heterocycles. The van der Waals surface area contributed by atoms with E-state index in [0.717, 1.165) is 44.5 Å². The summed E-state index contributed by atoms with van der Waals surface area (Å²) in [6, 6.07) is 4.47. The molecule has 2 N–H and O–H groups in total. The van der Waals surface area contributed by atoms with Gasteiger partial charge in [-0.3, -0.25) is 20.2 Å². The minimum Gasteiger partial charge on any atom is -0.379 e. The van der Waals surface area contributed by atoms with Crippen molar-refractivity contribution in [2.75, 3.05) is 57.0 Å². The van der Waals surface area contributed by atoms with Gasteiger partial charge in [-0.1, -0.05) is 50.5 Å². The molecule has 8 nitrogen and oxygen atoms in total. The van der Waals surface area contributed by atoms with Crippen molar-refractivity contribution in [3.63, 3.8) is 0 Å². The third-order valence-corrected chi connectivity index (χ3v) is 8.17. The maximum absolute atomic E-state index is 8.98. The summed E-state index contributed by atoms with van der Waals surface area (Å²) < 4.78 is 8.25. The van der Waals surface area contributed by atoms with Crippen LogP contribution in [0.25, 0.3) is 0 Å². The topological polar surface area (TPSA) is 88.8 Å². The number of hydrogen-bond donors (Lipinski definition) is 2. The third kappa shape index (κ3) is 11.9. The van der Waals surface area contributed by atoms with Gasteiger partial charge in [0.2, 0.25) is 5.96 Å². The second-order valence-corrected chi connectivity index (χ2v) is 10.8. The number of nitrogens with zero attached hydrogens (tertiary/aromatic N) is 5. The predicted molar refractivity (Wildman–Crippen MR) is 150 cm³/mol. The summed E-state index contributed by atoms with van der Waals surface area (Å²) in [5.41, 5.74) is 0.867. The zero-order valence-corrected chi connectivity index (χ0v) is 22.7. The van der Waals surface area contributed by atoms with E-state index < -0.39 is 0 Å². The monoisotopic (exact) mass is 515 g/mol. The Labute approximate surface area is 222 Å². The lowest BCUT2D eigenvalue weighted by molar-refractivity contribution is 0.0367. The second-order valence-electron chi connectivity index (χ2n) is 9.67. The van der Waals surface area contributed by atoms with Gasteiger partial charge in [-0.2, -0.15) is 5.26 Å². The lowest BCUT2D eigenvalue weighted by Gasteiger charge is -2.32. The van der Waals surface area contributed by atoms with Crippen LogP contribution in [0.3, 0.4) is 0 Å². The molecule has 0 aromatic carbocycles. The highest BCUT2D eigenvalue weighted by Gasteiger charge is 2.21. The summed E-state index contributed by atoms with van der Waals surface area (Å²) in [5, 5.41) is 14.8. The smallest absolute Gasteiger partial charge is 0.209 e. The van der Waals surface area contributed by atoms with Crippen LogP contribution in [0.2, 0.25) is 0 Å². The average Bonchev–Trinajstić information content (AvgIpc) is 3.20. The van der Waals surface area contributed by atoms with Gasteiger partial charge in [0.1, 0.15) is 0 Å². The van der Waals surface area contributed by atoms with Crippen molar-refractivity contribution in [1.29, 1.82) is 5.26 Å². The minimum atomic E-state index is 0.496. The van der Waals surface area contributed by atoms with Crippen LogP contribution in [0.1, 0.15) is 70.6 Å². The van der Waals surface area contributed by atoms with E-state index in [-0.39, 0.29) is 0 Å². The number of guanidine groups is 1. The molecule has 3 rings (SSSR count). The molecular weight excluding hydrogens is 470 g/mol. The minimum absolute atomic E-state index is 0.496. The molecule has 1 saturated carbocycles. The highest BCUT2D eigenvalue weighted by Crippen LogP contribution is 2.27. The van der Waals surface area contributed by atoms with Gasteiger partial charge in [-0.15, -0.1) is 0 Å². The molecule has 1 aromatic rings. The Balaban J connectivity index is 1.32. The van der Waals surface area contributed by atoms with Crippen molar-refractivity contribution in [1.82, 2.24) is 19.5 Å². The lowest BCUT2D eigenvalue weighted by atomic mass is 10.1. The number of pyridine rings is 1. The first-order valence-corrected chi connectivity index (χ1v) is 14.9. The van der Waals surface area contributed by atoms with Crippen LogP contribution in [-0.2, 0) is 4.74 Å². The Morgan fingerprint density at radius 2 is 1.83 bits per heavy atom. The fraction of sp³-hybridized carbons (Fsp3) is 0.741. The van der Waals surface area contributed by atoms with Gasteiger partial charge in [0.05, 0.1) is 13.2 Å². The number of ether oxygens (including phenoxy) is 1. The van der Waals surface area contributed by atoms with Crippen molar-refractivity contribution in [3.8, 4) is 6.19 Å². The van der Waals surface area contributed by atoms with Crippen molar-refractivity contribution < 1.29 is 4.74 Å². The summed E-state index contributed by atoms with van der Waals surface area (Å²) in [6.45, 7) is 7.09. The lowest BCUT2D eigenvalue weighted by Crippen LogP contribution is -2.38. The summed E-state index contributed by atoms with van der Waals surface area (Å²) in [6.07, 6.45) is 19.7. The number of nitrogens with one attached hydrogen (secondary N) is 2. The van der Waals surface area contributed by atoms with Crippen molar-refractivity contribution in [3.05, 3.63) is 24.5 Å². The van der Waals surface area contributed by atoms with E-state index >= 15 is 0 Å². The fourth-order valence-electron chi connectivity index (χ4n) is 4.85. The zero-order valence-electron chi connectivity index (χ0n) is 21.9. The van der Waals surface area contributed by atoms with Crippen LogP contribution < -0.4 is 10.6 Å². The van der Waals surface area contributed by atoms with E-state index in [1.807, 2.05) is 18.3 Å². The summed E-state index contributed by atoms with van der Waals surface area (Å²) >= 11 is 2.10. The van der Waals surface area contributed by atoms with Crippen molar-refractivity contribution >= 4 is 23.6 Å². The molecule has 1 saturated heterocycles. The summed E-state index contributed by atoms with van der Waals surface area (Å²) in [5.74, 6) is 1.71. The van der Waals surface area contributed by atoms with E-state index in [0.29, 0.717) is 12.5 Å². The molecule has 9 heteroatoms. The first-order valence-electron chi connectivity index (χ1n) is 13.9. The van der Waals surface area contributed by atoms with E-state index in [1.54, 1.807) is 12.4 Å². The average molecular weight is 516 g/mol. The number of anilines is 1. The fourth-order valence-corrected chi connectivity index (χ4v) is 6.10. The molecule has 2 heterocycles. The molecule has 0 spiro atoms. The standard InChI is InChI=1S/C27H45N7OS/c28-24-31-27(32-25-12-15-29-16-13-25)30-14-7-3-4-8-23-36-34(26-10-5-1-2-6-11-26)18-9-17-33-19-21-35-22-20-33/h12-13,15-16,26H,1-11,14,17-23H2,(H2,29,30,31,32). The van der Waals surface area contributed by atoms with Crippen LogP contribution in [-0.4, -0.2) is 77.9 Å². The van der Waals surface area contributed by atoms with Crippen molar-refractivity contribution in [2.45, 2.75) is 76.7 Å². The van der Waals surface area contributed by atoms with Gasteiger partial charge in [0.25, 0.3) is 0 Å². The second kappa shape index (κ2) is 18.4. The molecule has 0 radical (unpaired) electrons. The molecule has 200 valence electrons. The SMILES string of the molecule is N#CNC(=NCCCCCCSN(CCCN1CCOCC1)C1CCCCCC1)Nc1ccncc1. The van der Waals surface area contributed by atoms with Gasteiger partial charge in [-0.25, -0.2) is 4.31 Å². The van der Waals surface area contributed by atoms with Crippen molar-refractivity contribution in [2.24, 2.45) is 4.99 Å². The maximum Gasteiger partial charge on any atom is 0.209 e. The van der Waals surface area contributed by atoms with Crippen LogP contribution in [0.5, 0.6) is 0 Å². The van der Waals surface area contributed by atoms with Crippen LogP contribution >= 0.6 is 11.9 Å². The molecule has 0 unspecified atom stereocenters. The molecule has 36 heavy (non-hydrogen) atoms.